The van der Waals surface area contributed by atoms with Gasteiger partial charge in [0.25, 0.3) is 0 Å². The lowest BCUT2D eigenvalue weighted by Gasteiger charge is -2.22. The maximum Gasteiger partial charge on any atom is 0.305 e. The summed E-state index contributed by atoms with van der Waals surface area (Å²) < 4.78 is 5.50. The standard InChI is InChI=1S/C73H141NO5/c1-3-5-7-9-11-13-15-17-19-21-23-24-25-26-27-30-33-37-41-45-49-53-57-61-65-71(76)70(69-75)74-72(77)66-62-58-54-50-46-42-38-34-31-28-29-32-36-40-44-48-52-56-60-64-68-79-73(78)67-63-59-55-51-47-43-39-35-22-20-18-16-14-12-10-8-6-4-2/h14,16,20,22,70-71,75-76H,3-13,15,17-19,21,23-69H2,1-2H3,(H,74,77)/b16-14-,22-20-. The summed E-state index contributed by atoms with van der Waals surface area (Å²) in [5.41, 5.74) is 0. The predicted molar refractivity (Wildman–Crippen MR) is 347 cm³/mol. The molecule has 6 heteroatoms. The summed E-state index contributed by atoms with van der Waals surface area (Å²) in [5.74, 6) is -0.0275. The van der Waals surface area contributed by atoms with Crippen LogP contribution in [0, 0.1) is 0 Å². The lowest BCUT2D eigenvalue weighted by molar-refractivity contribution is -0.143. The van der Waals surface area contributed by atoms with Crippen molar-refractivity contribution in [2.24, 2.45) is 0 Å². The Morgan fingerprint density at radius 1 is 0.354 bits per heavy atom. The Hall–Kier alpha value is -1.66. The molecule has 3 N–H and O–H groups in total. The molecule has 0 aromatic carbocycles. The van der Waals surface area contributed by atoms with E-state index in [1.807, 2.05) is 0 Å². The molecule has 79 heavy (non-hydrogen) atoms. The molecular formula is C73H141NO5. The lowest BCUT2D eigenvalue weighted by Crippen LogP contribution is -2.45. The van der Waals surface area contributed by atoms with Crippen molar-refractivity contribution in [1.29, 1.82) is 0 Å². The molecule has 0 saturated heterocycles. The summed E-state index contributed by atoms with van der Waals surface area (Å²) in [7, 11) is 0. The topological polar surface area (TPSA) is 95.9 Å². The molecular weight excluding hydrogens is 971 g/mol. The first-order valence-corrected chi connectivity index (χ1v) is 36.1. The molecule has 0 aliphatic rings. The minimum atomic E-state index is -0.667. The zero-order valence-electron chi connectivity index (χ0n) is 53.6. The molecule has 0 aliphatic carbocycles. The number of carbonyl (C=O) groups excluding carboxylic acids is 2. The third-order valence-corrected chi connectivity index (χ3v) is 17.0. The fraction of sp³-hybridized carbons (Fsp3) is 0.918. The fourth-order valence-electron chi connectivity index (χ4n) is 11.5. The Morgan fingerprint density at radius 2 is 0.633 bits per heavy atom. The van der Waals surface area contributed by atoms with Crippen LogP contribution < -0.4 is 5.32 Å². The number of carbonyl (C=O) groups is 2. The zero-order valence-corrected chi connectivity index (χ0v) is 53.6. The van der Waals surface area contributed by atoms with E-state index in [9.17, 15) is 19.8 Å². The van der Waals surface area contributed by atoms with Gasteiger partial charge in [0.05, 0.1) is 25.4 Å². The molecule has 468 valence electrons. The molecule has 0 saturated carbocycles. The molecule has 2 unspecified atom stereocenters. The minimum Gasteiger partial charge on any atom is -0.466 e. The van der Waals surface area contributed by atoms with Crippen LogP contribution in [0.3, 0.4) is 0 Å². The first-order valence-electron chi connectivity index (χ1n) is 36.1. The summed E-state index contributed by atoms with van der Waals surface area (Å²) >= 11 is 0. The first-order chi connectivity index (χ1) is 39.0. The minimum absolute atomic E-state index is 0.00453. The molecule has 0 aromatic heterocycles. The molecule has 0 spiro atoms. The van der Waals surface area contributed by atoms with Crippen LogP contribution in [0.2, 0.25) is 0 Å². The number of rotatable bonds is 68. The Morgan fingerprint density at radius 3 is 0.975 bits per heavy atom. The van der Waals surface area contributed by atoms with Crippen LogP contribution in [0.5, 0.6) is 0 Å². The van der Waals surface area contributed by atoms with Crippen LogP contribution in [0.1, 0.15) is 406 Å². The van der Waals surface area contributed by atoms with Crippen molar-refractivity contribution in [3.63, 3.8) is 0 Å². The van der Waals surface area contributed by atoms with Gasteiger partial charge in [-0.15, -0.1) is 0 Å². The van der Waals surface area contributed by atoms with Gasteiger partial charge in [-0.1, -0.05) is 359 Å². The van der Waals surface area contributed by atoms with E-state index in [1.54, 1.807) is 0 Å². The maximum atomic E-state index is 12.6. The molecule has 0 aromatic rings. The molecule has 2 atom stereocenters. The predicted octanol–water partition coefficient (Wildman–Crippen LogP) is 23.3. The van der Waals surface area contributed by atoms with Gasteiger partial charge in [0.2, 0.25) is 5.91 Å². The summed E-state index contributed by atoms with van der Waals surface area (Å²) in [6, 6.07) is -0.545. The molecule has 0 heterocycles. The van der Waals surface area contributed by atoms with Crippen molar-refractivity contribution in [2.45, 2.75) is 418 Å². The smallest absolute Gasteiger partial charge is 0.305 e. The van der Waals surface area contributed by atoms with E-state index in [-0.39, 0.29) is 18.5 Å². The number of hydrogen-bond donors (Lipinski definition) is 3. The highest BCUT2D eigenvalue weighted by atomic mass is 16.5. The van der Waals surface area contributed by atoms with Crippen molar-refractivity contribution < 1.29 is 24.5 Å². The van der Waals surface area contributed by atoms with Crippen molar-refractivity contribution in [1.82, 2.24) is 5.32 Å². The van der Waals surface area contributed by atoms with Crippen LogP contribution in [0.25, 0.3) is 0 Å². The molecule has 6 nitrogen and oxygen atoms in total. The Bertz CT molecular complexity index is 1230. The van der Waals surface area contributed by atoms with Gasteiger partial charge in [-0.05, 0) is 57.8 Å². The normalized spacial score (nSPS) is 12.6. The largest absolute Gasteiger partial charge is 0.466 e. The molecule has 0 fully saturated rings. The number of aliphatic hydroxyl groups is 2. The van der Waals surface area contributed by atoms with E-state index in [4.69, 9.17) is 4.74 Å². The summed E-state index contributed by atoms with van der Waals surface area (Å²) in [6.07, 6.45) is 86.5. The number of unbranched alkanes of at least 4 members (excludes halogenated alkanes) is 53. The van der Waals surface area contributed by atoms with E-state index < -0.39 is 12.1 Å². The van der Waals surface area contributed by atoms with E-state index >= 15 is 0 Å². The Labute approximate surface area is 494 Å². The maximum absolute atomic E-state index is 12.6. The van der Waals surface area contributed by atoms with Gasteiger partial charge in [0.1, 0.15) is 0 Å². The van der Waals surface area contributed by atoms with Gasteiger partial charge < -0.3 is 20.3 Å². The van der Waals surface area contributed by atoms with E-state index in [0.29, 0.717) is 25.9 Å². The van der Waals surface area contributed by atoms with Gasteiger partial charge in [0, 0.05) is 12.8 Å². The van der Waals surface area contributed by atoms with E-state index in [1.165, 1.54) is 321 Å². The molecule has 0 bridgehead atoms. The third kappa shape index (κ3) is 65.4. The average Bonchev–Trinajstić information content (AvgIpc) is 3.45. The van der Waals surface area contributed by atoms with Gasteiger partial charge in [-0.25, -0.2) is 0 Å². The number of allylic oxidation sites excluding steroid dienone is 4. The van der Waals surface area contributed by atoms with Gasteiger partial charge in [-0.3, -0.25) is 9.59 Å². The van der Waals surface area contributed by atoms with Crippen molar-refractivity contribution >= 4 is 11.9 Å². The highest BCUT2D eigenvalue weighted by Gasteiger charge is 2.20. The number of ether oxygens (including phenoxy) is 1. The quantitative estimate of drug-likeness (QED) is 0.0320. The summed E-state index contributed by atoms with van der Waals surface area (Å²) in [5, 5.41) is 23.5. The van der Waals surface area contributed by atoms with Crippen molar-refractivity contribution in [3.8, 4) is 0 Å². The van der Waals surface area contributed by atoms with Crippen LogP contribution in [-0.2, 0) is 14.3 Å². The second-order valence-corrected chi connectivity index (χ2v) is 24.9. The molecule has 1 amide bonds. The first kappa shape index (κ1) is 77.3. The van der Waals surface area contributed by atoms with Gasteiger partial charge >= 0.3 is 5.97 Å². The molecule has 0 rings (SSSR count). The summed E-state index contributed by atoms with van der Waals surface area (Å²) in [6.45, 7) is 4.97. The summed E-state index contributed by atoms with van der Waals surface area (Å²) in [4.78, 5) is 24.7. The van der Waals surface area contributed by atoms with Gasteiger partial charge in [0.15, 0.2) is 0 Å². The van der Waals surface area contributed by atoms with Crippen LogP contribution >= 0.6 is 0 Å². The number of aliphatic hydroxyl groups excluding tert-OH is 2. The number of esters is 1. The fourth-order valence-corrected chi connectivity index (χ4v) is 11.5. The number of nitrogens with one attached hydrogen (secondary N) is 1. The second-order valence-electron chi connectivity index (χ2n) is 24.9. The zero-order chi connectivity index (χ0) is 57.1. The second kappa shape index (κ2) is 68.8. The van der Waals surface area contributed by atoms with Crippen LogP contribution in [0.15, 0.2) is 24.3 Å². The average molecular weight is 1110 g/mol. The number of hydrogen-bond acceptors (Lipinski definition) is 5. The third-order valence-electron chi connectivity index (χ3n) is 17.0. The highest BCUT2D eigenvalue weighted by molar-refractivity contribution is 5.76. The molecule has 0 radical (unpaired) electrons. The van der Waals surface area contributed by atoms with Crippen molar-refractivity contribution in [3.05, 3.63) is 24.3 Å². The van der Waals surface area contributed by atoms with Crippen molar-refractivity contribution in [2.75, 3.05) is 13.2 Å². The SMILES string of the molecule is CCCCCC/C=C\C/C=C\CCCCCCCCCC(=O)OCCCCCCCCCCCCCCCCCCCCCCC(=O)NC(CO)C(O)CCCCCCCCCCCCCCCCCCCCCCCCCC. The van der Waals surface area contributed by atoms with E-state index in [0.717, 1.165) is 51.4 Å². The van der Waals surface area contributed by atoms with Gasteiger partial charge in [-0.2, -0.15) is 0 Å². The lowest BCUT2D eigenvalue weighted by atomic mass is 10.0. The highest BCUT2D eigenvalue weighted by Crippen LogP contribution is 2.19. The van der Waals surface area contributed by atoms with E-state index in [2.05, 4.69) is 43.5 Å². The molecule has 0 aliphatic heterocycles. The van der Waals surface area contributed by atoms with Crippen LogP contribution in [0.4, 0.5) is 0 Å². The number of amides is 1. The Balaban J connectivity index is 3.39. The monoisotopic (exact) mass is 1110 g/mol. The Kier molecular flexibility index (Phi) is 67.4. The van der Waals surface area contributed by atoms with Crippen LogP contribution in [-0.4, -0.2) is 47.4 Å².